The first kappa shape index (κ1) is 14.2. The van der Waals surface area contributed by atoms with Crippen molar-refractivity contribution in [1.82, 2.24) is 10.3 Å². The number of aromatic nitrogens is 1. The molecule has 2 aromatic rings. The van der Waals surface area contributed by atoms with Crippen molar-refractivity contribution in [2.75, 3.05) is 6.54 Å². The minimum atomic E-state index is -0.120. The molecule has 0 saturated heterocycles. The van der Waals surface area contributed by atoms with Crippen molar-refractivity contribution in [3.05, 3.63) is 65.5 Å². The smallest absolute Gasteiger partial charge is 0.0837 e. The summed E-state index contributed by atoms with van der Waals surface area (Å²) in [6, 6.07) is 16.3. The van der Waals surface area contributed by atoms with Gasteiger partial charge in [-0.15, -0.1) is 0 Å². The van der Waals surface area contributed by atoms with Gasteiger partial charge in [0.15, 0.2) is 0 Å². The lowest BCUT2D eigenvalue weighted by Crippen LogP contribution is -2.21. The fraction of sp³-hybridized carbons (Fsp3) is 0.294. The van der Waals surface area contributed by atoms with Crippen LogP contribution in [-0.2, 0) is 13.0 Å². The van der Waals surface area contributed by atoms with Crippen LogP contribution >= 0.6 is 0 Å². The highest BCUT2D eigenvalue weighted by Gasteiger charge is 2.10. The van der Waals surface area contributed by atoms with Crippen molar-refractivity contribution in [2.24, 2.45) is 0 Å². The normalized spacial score (nSPS) is 11.8. The summed E-state index contributed by atoms with van der Waals surface area (Å²) in [5.74, 6) is -0.120. The van der Waals surface area contributed by atoms with Gasteiger partial charge < -0.3 is 5.32 Å². The second-order valence-electron chi connectivity index (χ2n) is 4.69. The van der Waals surface area contributed by atoms with E-state index in [-0.39, 0.29) is 5.92 Å². The fourth-order valence-electron chi connectivity index (χ4n) is 2.21. The Labute approximate surface area is 120 Å². The van der Waals surface area contributed by atoms with Crippen LogP contribution in [0.1, 0.15) is 29.7 Å². The van der Waals surface area contributed by atoms with Gasteiger partial charge in [-0.05, 0) is 23.6 Å². The average Bonchev–Trinajstić information content (AvgIpc) is 2.53. The van der Waals surface area contributed by atoms with E-state index in [0.717, 1.165) is 17.7 Å². The molecule has 0 bridgehead atoms. The van der Waals surface area contributed by atoms with E-state index in [2.05, 4.69) is 29.4 Å². The van der Waals surface area contributed by atoms with Crippen LogP contribution < -0.4 is 5.32 Å². The van der Waals surface area contributed by atoms with Crippen LogP contribution in [0, 0.1) is 11.3 Å². The Morgan fingerprint density at radius 1 is 1.20 bits per heavy atom. The van der Waals surface area contributed by atoms with E-state index in [1.165, 1.54) is 5.56 Å². The van der Waals surface area contributed by atoms with E-state index in [9.17, 15) is 5.26 Å². The molecule has 0 radical (unpaired) electrons. The van der Waals surface area contributed by atoms with Crippen molar-refractivity contribution >= 4 is 0 Å². The Kier molecular flexibility index (Phi) is 5.28. The second kappa shape index (κ2) is 7.42. The number of aryl methyl sites for hydroxylation is 1. The Hall–Kier alpha value is -2.18. The zero-order valence-corrected chi connectivity index (χ0v) is 11.7. The van der Waals surface area contributed by atoms with Crippen LogP contribution in [0.5, 0.6) is 0 Å². The summed E-state index contributed by atoms with van der Waals surface area (Å²) in [6.45, 7) is 3.47. The summed E-state index contributed by atoms with van der Waals surface area (Å²) in [4.78, 5) is 4.40. The van der Waals surface area contributed by atoms with Gasteiger partial charge in [-0.25, -0.2) is 0 Å². The quantitative estimate of drug-likeness (QED) is 0.873. The summed E-state index contributed by atoms with van der Waals surface area (Å²) < 4.78 is 0. The number of rotatable bonds is 6. The number of nitrogens with zero attached hydrogens (tertiary/aromatic N) is 2. The Balaban J connectivity index is 1.93. The van der Waals surface area contributed by atoms with Gasteiger partial charge in [-0.3, -0.25) is 4.98 Å². The largest absolute Gasteiger partial charge is 0.309 e. The van der Waals surface area contributed by atoms with Crippen LogP contribution in [0.15, 0.2) is 48.7 Å². The third-order valence-electron chi connectivity index (χ3n) is 3.36. The summed E-state index contributed by atoms with van der Waals surface area (Å²) in [5, 5.41) is 12.6. The van der Waals surface area contributed by atoms with Gasteiger partial charge in [0.25, 0.3) is 0 Å². The predicted molar refractivity (Wildman–Crippen MR) is 80.1 cm³/mol. The van der Waals surface area contributed by atoms with Gasteiger partial charge in [0.05, 0.1) is 17.7 Å². The molecule has 3 nitrogen and oxygen atoms in total. The molecule has 0 fully saturated rings. The molecule has 1 unspecified atom stereocenters. The molecule has 0 amide bonds. The summed E-state index contributed by atoms with van der Waals surface area (Å²) in [5.41, 5.74) is 3.38. The zero-order valence-electron chi connectivity index (χ0n) is 11.7. The third kappa shape index (κ3) is 3.66. The lowest BCUT2D eigenvalue weighted by molar-refractivity contribution is 0.639. The molecular formula is C17H19N3. The number of nitrogens with one attached hydrogen (secondary N) is 1. The minimum absolute atomic E-state index is 0.120. The third-order valence-corrected chi connectivity index (χ3v) is 3.36. The first-order chi connectivity index (χ1) is 9.85. The van der Waals surface area contributed by atoms with E-state index in [1.807, 2.05) is 42.6 Å². The van der Waals surface area contributed by atoms with Gasteiger partial charge >= 0.3 is 0 Å². The maximum Gasteiger partial charge on any atom is 0.0837 e. The molecule has 0 aliphatic heterocycles. The standard InChI is InChI=1S/C17H19N3/c1-2-14-9-6-10-20-17(14)13-19-12-16(11-18)15-7-4-3-5-8-15/h3-10,16,19H,2,12-13H2,1H3. The molecule has 0 saturated carbocycles. The molecule has 1 atom stereocenters. The van der Waals surface area contributed by atoms with Crippen molar-refractivity contribution < 1.29 is 0 Å². The van der Waals surface area contributed by atoms with Crippen molar-refractivity contribution in [2.45, 2.75) is 25.8 Å². The first-order valence-corrected chi connectivity index (χ1v) is 6.93. The van der Waals surface area contributed by atoms with E-state index in [0.29, 0.717) is 13.1 Å². The molecule has 0 aliphatic rings. The highest BCUT2D eigenvalue weighted by atomic mass is 14.9. The molecule has 1 aromatic carbocycles. The van der Waals surface area contributed by atoms with Gasteiger partial charge in [0, 0.05) is 19.3 Å². The van der Waals surface area contributed by atoms with E-state index >= 15 is 0 Å². The van der Waals surface area contributed by atoms with Crippen LogP contribution in [0.3, 0.4) is 0 Å². The number of hydrogen-bond donors (Lipinski definition) is 1. The van der Waals surface area contributed by atoms with Gasteiger partial charge in [0.2, 0.25) is 0 Å². The maximum atomic E-state index is 9.27. The van der Waals surface area contributed by atoms with Crippen LogP contribution in [0.4, 0.5) is 0 Å². The van der Waals surface area contributed by atoms with E-state index < -0.39 is 0 Å². The van der Waals surface area contributed by atoms with Crippen molar-refractivity contribution in [3.63, 3.8) is 0 Å². The number of nitriles is 1. The highest BCUT2D eigenvalue weighted by Crippen LogP contribution is 2.13. The molecule has 20 heavy (non-hydrogen) atoms. The van der Waals surface area contributed by atoms with E-state index in [1.54, 1.807) is 0 Å². The molecular weight excluding hydrogens is 246 g/mol. The summed E-state index contributed by atoms with van der Waals surface area (Å²) >= 11 is 0. The average molecular weight is 265 g/mol. The SMILES string of the molecule is CCc1cccnc1CNCC(C#N)c1ccccc1. The van der Waals surface area contributed by atoms with Crippen LogP contribution in [0.25, 0.3) is 0 Å². The molecule has 0 spiro atoms. The molecule has 1 N–H and O–H groups in total. The Bertz CT molecular complexity index is 572. The maximum absolute atomic E-state index is 9.27. The second-order valence-corrected chi connectivity index (χ2v) is 4.69. The van der Waals surface area contributed by atoms with Gasteiger partial charge in [-0.2, -0.15) is 5.26 Å². The number of benzene rings is 1. The number of hydrogen-bond acceptors (Lipinski definition) is 3. The topological polar surface area (TPSA) is 48.7 Å². The Morgan fingerprint density at radius 3 is 2.70 bits per heavy atom. The minimum Gasteiger partial charge on any atom is -0.309 e. The predicted octanol–water partition coefficient (Wildman–Crippen LogP) is 3.04. The number of pyridine rings is 1. The lowest BCUT2D eigenvalue weighted by Gasteiger charge is -2.12. The molecule has 0 aliphatic carbocycles. The molecule has 2 rings (SSSR count). The summed E-state index contributed by atoms with van der Waals surface area (Å²) in [6.07, 6.45) is 2.79. The van der Waals surface area contributed by atoms with Crippen LogP contribution in [-0.4, -0.2) is 11.5 Å². The fourth-order valence-corrected chi connectivity index (χ4v) is 2.21. The summed E-state index contributed by atoms with van der Waals surface area (Å²) in [7, 11) is 0. The monoisotopic (exact) mass is 265 g/mol. The molecule has 3 heteroatoms. The molecule has 1 heterocycles. The lowest BCUT2D eigenvalue weighted by atomic mass is 10.0. The highest BCUT2D eigenvalue weighted by molar-refractivity contribution is 5.25. The van der Waals surface area contributed by atoms with Crippen molar-refractivity contribution in [1.29, 1.82) is 5.26 Å². The first-order valence-electron chi connectivity index (χ1n) is 6.93. The van der Waals surface area contributed by atoms with E-state index in [4.69, 9.17) is 0 Å². The molecule has 102 valence electrons. The van der Waals surface area contributed by atoms with Crippen molar-refractivity contribution in [3.8, 4) is 6.07 Å². The zero-order chi connectivity index (χ0) is 14.2. The van der Waals surface area contributed by atoms with Crippen LogP contribution in [0.2, 0.25) is 0 Å². The molecule has 1 aromatic heterocycles. The Morgan fingerprint density at radius 2 is 2.00 bits per heavy atom. The van der Waals surface area contributed by atoms with Gasteiger partial charge in [0.1, 0.15) is 0 Å². The van der Waals surface area contributed by atoms with Gasteiger partial charge in [-0.1, -0.05) is 43.3 Å².